The van der Waals surface area contributed by atoms with Crippen LogP contribution in [-0.4, -0.2) is 35.5 Å². The maximum atomic E-state index is 12.1. The molecule has 30 heavy (non-hydrogen) atoms. The van der Waals surface area contributed by atoms with Crippen LogP contribution >= 0.6 is 11.6 Å². The normalized spacial score (nSPS) is 11.2. The van der Waals surface area contributed by atoms with Gasteiger partial charge in [-0.15, -0.1) is 0 Å². The minimum absolute atomic E-state index is 0.110. The van der Waals surface area contributed by atoms with Gasteiger partial charge in [-0.1, -0.05) is 41.9 Å². The number of carbonyl (C=O) groups is 1. The Balaban J connectivity index is 1.75. The van der Waals surface area contributed by atoms with Crippen LogP contribution in [0.15, 0.2) is 67.1 Å². The maximum Gasteiger partial charge on any atom is 0.358 e. The van der Waals surface area contributed by atoms with Gasteiger partial charge in [0.05, 0.1) is 17.3 Å². The maximum absolute atomic E-state index is 12.1. The highest BCUT2D eigenvalue weighted by Crippen LogP contribution is 2.34. The number of carboxylic acid groups (broad SMARTS) is 1. The van der Waals surface area contributed by atoms with Crippen molar-refractivity contribution in [2.24, 2.45) is 0 Å². The first-order valence-corrected chi connectivity index (χ1v) is 9.40. The van der Waals surface area contributed by atoms with Crippen LogP contribution in [0.2, 0.25) is 5.02 Å². The Morgan fingerprint density at radius 1 is 1.07 bits per heavy atom. The van der Waals surface area contributed by atoms with Crippen LogP contribution in [0.4, 0.5) is 0 Å². The predicted octanol–water partition coefficient (Wildman–Crippen LogP) is 4.00. The van der Waals surface area contributed by atoms with Crippen molar-refractivity contribution in [2.45, 2.75) is 6.61 Å². The molecule has 0 aliphatic carbocycles. The number of fused-ring (bicyclic) bond motifs is 3. The summed E-state index contributed by atoms with van der Waals surface area (Å²) < 4.78 is 8.93. The smallest absolute Gasteiger partial charge is 0.358 e. The molecule has 0 aliphatic rings. The van der Waals surface area contributed by atoms with Crippen molar-refractivity contribution in [1.29, 1.82) is 0 Å². The van der Waals surface area contributed by atoms with Gasteiger partial charge in [0.1, 0.15) is 18.5 Å². The van der Waals surface area contributed by atoms with Gasteiger partial charge in [0, 0.05) is 5.02 Å². The molecule has 0 aliphatic heterocycles. The molecular formula is C21H14ClN5O3. The standard InChI is InChI=1S/C21H14ClN5O3/c22-14-6-8-15(9-7-14)26-17-16(10-24-26)19(30-11-13-4-2-1-3-5-13)18(21(28)29)27-20(17)23-12-25-27/h1-10,12H,11H2,(H,28,29). The quantitative estimate of drug-likeness (QED) is 0.462. The lowest BCUT2D eigenvalue weighted by Gasteiger charge is -2.13. The molecule has 5 aromatic rings. The van der Waals surface area contributed by atoms with Gasteiger partial charge >= 0.3 is 5.97 Å². The van der Waals surface area contributed by atoms with Crippen LogP contribution in [0.5, 0.6) is 5.75 Å². The Morgan fingerprint density at radius 3 is 2.57 bits per heavy atom. The van der Waals surface area contributed by atoms with Gasteiger partial charge < -0.3 is 9.84 Å². The Bertz CT molecular complexity index is 1380. The molecule has 0 saturated heterocycles. The monoisotopic (exact) mass is 419 g/mol. The number of hydrogen-bond acceptors (Lipinski definition) is 5. The summed E-state index contributed by atoms with van der Waals surface area (Å²) in [5.74, 6) is -0.991. The number of pyridine rings is 1. The fourth-order valence-corrected chi connectivity index (χ4v) is 3.49. The highest BCUT2D eigenvalue weighted by Gasteiger charge is 2.26. The van der Waals surface area contributed by atoms with E-state index in [1.165, 1.54) is 10.8 Å². The first kappa shape index (κ1) is 18.1. The second-order valence-corrected chi connectivity index (χ2v) is 6.98. The van der Waals surface area contributed by atoms with E-state index < -0.39 is 5.97 Å². The van der Waals surface area contributed by atoms with E-state index in [1.807, 2.05) is 42.5 Å². The Morgan fingerprint density at radius 2 is 1.83 bits per heavy atom. The van der Waals surface area contributed by atoms with Crippen LogP contribution in [0.3, 0.4) is 0 Å². The topological polar surface area (TPSA) is 94.5 Å². The SMILES string of the molecule is O=C(O)c1c(OCc2ccccc2)c2cnn(-c3ccc(Cl)cc3)c2c2ncnn12. The molecular weight excluding hydrogens is 406 g/mol. The molecule has 3 heterocycles. The Hall–Kier alpha value is -3.91. The molecule has 0 unspecified atom stereocenters. The Labute approximate surface area is 174 Å². The first-order valence-electron chi connectivity index (χ1n) is 9.03. The summed E-state index contributed by atoms with van der Waals surface area (Å²) in [4.78, 5) is 16.4. The Kier molecular flexibility index (Phi) is 4.33. The predicted molar refractivity (Wildman–Crippen MR) is 110 cm³/mol. The molecule has 1 N–H and O–H groups in total. The van der Waals surface area contributed by atoms with E-state index in [-0.39, 0.29) is 18.1 Å². The van der Waals surface area contributed by atoms with Crippen molar-refractivity contribution in [1.82, 2.24) is 24.4 Å². The molecule has 9 heteroatoms. The van der Waals surface area contributed by atoms with E-state index in [9.17, 15) is 9.90 Å². The summed E-state index contributed by atoms with van der Waals surface area (Å²) in [5, 5.41) is 19.6. The van der Waals surface area contributed by atoms with Crippen LogP contribution in [0.1, 0.15) is 16.1 Å². The van der Waals surface area contributed by atoms with Crippen LogP contribution < -0.4 is 4.74 Å². The zero-order valence-electron chi connectivity index (χ0n) is 15.4. The van der Waals surface area contributed by atoms with Crippen molar-refractivity contribution >= 4 is 34.1 Å². The average Bonchev–Trinajstić information content (AvgIpc) is 3.40. The largest absolute Gasteiger partial charge is 0.486 e. The number of benzene rings is 2. The highest BCUT2D eigenvalue weighted by molar-refractivity contribution is 6.30. The molecule has 0 fully saturated rings. The molecule has 0 amide bonds. The van der Waals surface area contributed by atoms with Gasteiger partial charge in [-0.2, -0.15) is 10.2 Å². The third kappa shape index (κ3) is 2.94. The molecule has 8 nitrogen and oxygen atoms in total. The first-order chi connectivity index (χ1) is 14.6. The van der Waals surface area contributed by atoms with Gasteiger partial charge in [-0.3, -0.25) is 0 Å². The molecule has 0 bridgehead atoms. The van der Waals surface area contributed by atoms with Crippen molar-refractivity contribution < 1.29 is 14.6 Å². The number of halogens is 1. The zero-order chi connectivity index (χ0) is 20.7. The molecule has 0 saturated carbocycles. The summed E-state index contributed by atoms with van der Waals surface area (Å²) in [5.41, 5.74) is 2.49. The van der Waals surface area contributed by atoms with Gasteiger partial charge in [0.15, 0.2) is 17.1 Å². The lowest BCUT2D eigenvalue weighted by atomic mass is 10.2. The van der Waals surface area contributed by atoms with Crippen molar-refractivity contribution in [3.63, 3.8) is 0 Å². The number of nitrogens with zero attached hydrogens (tertiary/aromatic N) is 5. The minimum atomic E-state index is -1.17. The number of aromatic carboxylic acids is 1. The highest BCUT2D eigenvalue weighted by atomic mass is 35.5. The molecule has 0 atom stereocenters. The van der Waals surface area contributed by atoms with Crippen molar-refractivity contribution in [3.05, 3.63) is 83.4 Å². The average molecular weight is 420 g/mol. The lowest BCUT2D eigenvalue weighted by Crippen LogP contribution is -2.12. The third-order valence-electron chi connectivity index (χ3n) is 4.70. The van der Waals surface area contributed by atoms with E-state index in [2.05, 4.69) is 15.2 Å². The van der Waals surface area contributed by atoms with Gasteiger partial charge in [-0.25, -0.2) is 19.0 Å². The van der Waals surface area contributed by atoms with Gasteiger partial charge in [0.2, 0.25) is 0 Å². The van der Waals surface area contributed by atoms with Crippen LogP contribution in [-0.2, 0) is 6.61 Å². The second-order valence-electron chi connectivity index (χ2n) is 6.55. The summed E-state index contributed by atoms with van der Waals surface area (Å²) in [7, 11) is 0. The fourth-order valence-electron chi connectivity index (χ4n) is 3.36. The molecule has 0 spiro atoms. The van der Waals surface area contributed by atoms with Gasteiger partial charge in [0.25, 0.3) is 0 Å². The molecule has 148 valence electrons. The van der Waals surface area contributed by atoms with E-state index in [0.29, 0.717) is 21.6 Å². The zero-order valence-corrected chi connectivity index (χ0v) is 16.2. The second kappa shape index (κ2) is 7.16. The fraction of sp³-hybridized carbons (Fsp3) is 0.0476. The summed E-state index contributed by atoms with van der Waals surface area (Å²) in [6, 6.07) is 16.6. The minimum Gasteiger partial charge on any atom is -0.486 e. The van der Waals surface area contributed by atoms with Crippen molar-refractivity contribution in [2.75, 3.05) is 0 Å². The molecule has 2 aromatic carbocycles. The summed E-state index contributed by atoms with van der Waals surface area (Å²) >= 11 is 6.01. The van der Waals surface area contributed by atoms with Crippen LogP contribution in [0, 0.1) is 0 Å². The lowest BCUT2D eigenvalue weighted by molar-refractivity contribution is 0.0682. The number of ether oxygens (including phenoxy) is 1. The van der Waals surface area contributed by atoms with E-state index >= 15 is 0 Å². The number of carboxylic acids is 1. The van der Waals surface area contributed by atoms with E-state index in [1.54, 1.807) is 23.0 Å². The van der Waals surface area contributed by atoms with Crippen molar-refractivity contribution in [3.8, 4) is 11.4 Å². The molecule has 3 aromatic heterocycles. The van der Waals surface area contributed by atoms with Gasteiger partial charge in [-0.05, 0) is 29.8 Å². The third-order valence-corrected chi connectivity index (χ3v) is 4.95. The number of aromatic nitrogens is 5. The summed E-state index contributed by atoms with van der Waals surface area (Å²) in [6.45, 7) is 0.197. The summed E-state index contributed by atoms with van der Waals surface area (Å²) in [6.07, 6.45) is 2.88. The molecule has 5 rings (SSSR count). The van der Waals surface area contributed by atoms with Crippen LogP contribution in [0.25, 0.3) is 22.2 Å². The molecule has 0 radical (unpaired) electrons. The van der Waals surface area contributed by atoms with E-state index in [0.717, 1.165) is 11.3 Å². The number of rotatable bonds is 5. The number of hydrogen-bond donors (Lipinski definition) is 1. The van der Waals surface area contributed by atoms with E-state index in [4.69, 9.17) is 16.3 Å².